The molecule has 6 heteroatoms. The number of hydrogen-bond acceptors (Lipinski definition) is 4. The van der Waals surface area contributed by atoms with Gasteiger partial charge in [0.25, 0.3) is 0 Å². The molecule has 4 aromatic rings. The van der Waals surface area contributed by atoms with E-state index in [1.54, 1.807) is 4.68 Å². The lowest BCUT2D eigenvalue weighted by atomic mass is 10.1. The molecule has 1 aromatic carbocycles. The summed E-state index contributed by atoms with van der Waals surface area (Å²) >= 11 is 0. The highest BCUT2D eigenvalue weighted by Gasteiger charge is 2.10. The average Bonchev–Trinajstić information content (AvgIpc) is 3.10. The first-order valence-electron chi connectivity index (χ1n) is 6.64. The maximum absolute atomic E-state index is 9.15. The van der Waals surface area contributed by atoms with Gasteiger partial charge in [-0.1, -0.05) is 11.3 Å². The van der Waals surface area contributed by atoms with Gasteiger partial charge in [0.05, 0.1) is 17.8 Å². The second-order valence-corrected chi connectivity index (χ2v) is 4.98. The molecular weight excluding hydrogens is 266 g/mol. The predicted octanol–water partition coefficient (Wildman–Crippen LogP) is 2.00. The maximum Gasteiger partial charge on any atom is 0.138 e. The van der Waals surface area contributed by atoms with Crippen molar-refractivity contribution in [3.8, 4) is 11.1 Å². The van der Waals surface area contributed by atoms with Crippen LogP contribution in [0.2, 0.25) is 0 Å². The average molecular weight is 279 g/mol. The highest BCUT2D eigenvalue weighted by molar-refractivity contribution is 5.95. The molecule has 0 amide bonds. The Balaban J connectivity index is 1.93. The topological polar surface area (TPSA) is 79.6 Å². The van der Waals surface area contributed by atoms with Crippen molar-refractivity contribution in [1.29, 1.82) is 0 Å². The predicted molar refractivity (Wildman–Crippen MR) is 79.5 cm³/mol. The van der Waals surface area contributed by atoms with Crippen LogP contribution in [0.5, 0.6) is 0 Å². The van der Waals surface area contributed by atoms with Gasteiger partial charge in [0.15, 0.2) is 0 Å². The number of nitrogens with one attached hydrogen (secondary N) is 1. The van der Waals surface area contributed by atoms with Crippen LogP contribution in [0, 0.1) is 0 Å². The van der Waals surface area contributed by atoms with Crippen molar-refractivity contribution in [1.82, 2.24) is 25.0 Å². The number of hydrogen-bond donors (Lipinski definition) is 2. The third kappa shape index (κ3) is 1.80. The number of aromatic nitrogens is 5. The SMILES string of the molecule is Cn1nnc2ccc(-c3c[nH]c4nc(CO)ccc34)cc21. The lowest BCUT2D eigenvalue weighted by Crippen LogP contribution is -1.90. The zero-order chi connectivity index (χ0) is 14.4. The van der Waals surface area contributed by atoms with E-state index in [0.717, 1.165) is 33.2 Å². The van der Waals surface area contributed by atoms with Gasteiger partial charge in [0.1, 0.15) is 11.2 Å². The number of pyridine rings is 1. The molecule has 0 spiro atoms. The van der Waals surface area contributed by atoms with Crippen molar-refractivity contribution in [2.24, 2.45) is 7.05 Å². The molecular formula is C15H13N5O. The van der Waals surface area contributed by atoms with E-state index in [4.69, 9.17) is 5.11 Å². The molecule has 0 aliphatic carbocycles. The summed E-state index contributed by atoms with van der Waals surface area (Å²) in [4.78, 5) is 7.53. The lowest BCUT2D eigenvalue weighted by molar-refractivity contribution is 0.277. The van der Waals surface area contributed by atoms with Crippen LogP contribution in [0.15, 0.2) is 36.5 Å². The summed E-state index contributed by atoms with van der Waals surface area (Å²) in [5.74, 6) is 0. The molecule has 3 heterocycles. The van der Waals surface area contributed by atoms with Gasteiger partial charge in [0, 0.05) is 24.2 Å². The lowest BCUT2D eigenvalue weighted by Gasteiger charge is -2.01. The fourth-order valence-electron chi connectivity index (χ4n) is 2.57. The van der Waals surface area contributed by atoms with Gasteiger partial charge in [-0.15, -0.1) is 5.10 Å². The van der Waals surface area contributed by atoms with Gasteiger partial charge >= 0.3 is 0 Å². The number of rotatable bonds is 2. The smallest absolute Gasteiger partial charge is 0.138 e. The minimum Gasteiger partial charge on any atom is -0.390 e. The number of nitrogens with zero attached hydrogens (tertiary/aromatic N) is 4. The normalized spacial score (nSPS) is 11.5. The molecule has 4 rings (SSSR count). The Labute approximate surface area is 120 Å². The van der Waals surface area contributed by atoms with E-state index >= 15 is 0 Å². The molecule has 0 unspecified atom stereocenters. The van der Waals surface area contributed by atoms with Crippen molar-refractivity contribution in [2.45, 2.75) is 6.61 Å². The Morgan fingerprint density at radius 2 is 2.14 bits per heavy atom. The summed E-state index contributed by atoms with van der Waals surface area (Å²) in [6.45, 7) is -0.0586. The summed E-state index contributed by atoms with van der Waals surface area (Å²) in [6.07, 6.45) is 1.93. The third-order valence-corrected chi connectivity index (χ3v) is 3.68. The fraction of sp³-hybridized carbons (Fsp3) is 0.133. The molecule has 0 atom stereocenters. The third-order valence-electron chi connectivity index (χ3n) is 3.68. The molecule has 0 saturated carbocycles. The van der Waals surface area contributed by atoms with Gasteiger partial charge in [-0.05, 0) is 29.8 Å². The zero-order valence-corrected chi connectivity index (χ0v) is 11.4. The molecule has 3 aromatic heterocycles. The van der Waals surface area contributed by atoms with Crippen LogP contribution < -0.4 is 0 Å². The number of benzene rings is 1. The molecule has 2 N–H and O–H groups in total. The fourth-order valence-corrected chi connectivity index (χ4v) is 2.57. The summed E-state index contributed by atoms with van der Waals surface area (Å²) in [7, 11) is 1.88. The van der Waals surface area contributed by atoms with E-state index in [2.05, 4.69) is 26.3 Å². The first kappa shape index (κ1) is 12.0. The maximum atomic E-state index is 9.15. The van der Waals surface area contributed by atoms with E-state index in [0.29, 0.717) is 5.69 Å². The number of aliphatic hydroxyl groups is 1. The van der Waals surface area contributed by atoms with Crippen molar-refractivity contribution in [2.75, 3.05) is 0 Å². The number of fused-ring (bicyclic) bond motifs is 2. The van der Waals surface area contributed by atoms with E-state index in [9.17, 15) is 0 Å². The van der Waals surface area contributed by atoms with E-state index in [1.165, 1.54) is 0 Å². The molecule has 6 nitrogen and oxygen atoms in total. The Hall–Kier alpha value is -2.73. The van der Waals surface area contributed by atoms with Crippen LogP contribution >= 0.6 is 0 Å². The molecule has 104 valence electrons. The Morgan fingerprint density at radius 1 is 1.24 bits per heavy atom. The number of H-pyrrole nitrogens is 1. The van der Waals surface area contributed by atoms with Crippen molar-refractivity contribution in [3.05, 3.63) is 42.2 Å². The molecule has 0 radical (unpaired) electrons. The molecule has 0 fully saturated rings. The minimum absolute atomic E-state index is 0.0586. The first-order chi connectivity index (χ1) is 10.3. The van der Waals surface area contributed by atoms with Crippen LogP contribution in [-0.4, -0.2) is 30.1 Å². The molecule has 0 bridgehead atoms. The highest BCUT2D eigenvalue weighted by Crippen LogP contribution is 2.29. The minimum atomic E-state index is -0.0586. The molecule has 0 saturated heterocycles. The van der Waals surface area contributed by atoms with Gasteiger partial charge in [-0.3, -0.25) is 0 Å². The van der Waals surface area contributed by atoms with Crippen molar-refractivity contribution >= 4 is 22.1 Å². The van der Waals surface area contributed by atoms with Crippen LogP contribution in [-0.2, 0) is 13.7 Å². The zero-order valence-electron chi connectivity index (χ0n) is 11.4. The quantitative estimate of drug-likeness (QED) is 0.588. The van der Waals surface area contributed by atoms with Gasteiger partial charge < -0.3 is 10.1 Å². The number of aryl methyl sites for hydroxylation is 1. The van der Waals surface area contributed by atoms with Crippen molar-refractivity contribution < 1.29 is 5.11 Å². The van der Waals surface area contributed by atoms with Gasteiger partial charge in [0.2, 0.25) is 0 Å². The molecule has 21 heavy (non-hydrogen) atoms. The second kappa shape index (κ2) is 4.39. The summed E-state index contributed by atoms with van der Waals surface area (Å²) in [5, 5.41) is 18.3. The highest BCUT2D eigenvalue weighted by atomic mass is 16.3. The van der Waals surface area contributed by atoms with E-state index in [1.807, 2.05) is 37.5 Å². The summed E-state index contributed by atoms with van der Waals surface area (Å²) in [6, 6.07) is 9.87. The van der Waals surface area contributed by atoms with Crippen LogP contribution in [0.1, 0.15) is 5.69 Å². The van der Waals surface area contributed by atoms with Crippen molar-refractivity contribution in [3.63, 3.8) is 0 Å². The molecule has 0 aliphatic heterocycles. The molecule has 0 aliphatic rings. The first-order valence-corrected chi connectivity index (χ1v) is 6.64. The summed E-state index contributed by atoms with van der Waals surface area (Å²) < 4.78 is 1.76. The Bertz CT molecular complexity index is 953. The van der Waals surface area contributed by atoms with Crippen LogP contribution in [0.4, 0.5) is 0 Å². The summed E-state index contributed by atoms with van der Waals surface area (Å²) in [5.41, 5.74) is 5.45. The van der Waals surface area contributed by atoms with E-state index < -0.39 is 0 Å². The standard InChI is InChI=1S/C15H13N5O/c1-20-14-6-9(2-5-13(14)18-19-20)12-7-16-15-11(12)4-3-10(8-21)17-15/h2-7,21H,8H2,1H3,(H,16,17). The number of aromatic amines is 1. The van der Waals surface area contributed by atoms with Crippen LogP contribution in [0.3, 0.4) is 0 Å². The Kier molecular flexibility index (Phi) is 2.52. The number of aliphatic hydroxyl groups excluding tert-OH is 1. The van der Waals surface area contributed by atoms with E-state index in [-0.39, 0.29) is 6.61 Å². The van der Waals surface area contributed by atoms with Gasteiger partial charge in [-0.25, -0.2) is 9.67 Å². The monoisotopic (exact) mass is 279 g/mol. The Morgan fingerprint density at radius 3 is 3.00 bits per heavy atom. The second-order valence-electron chi connectivity index (χ2n) is 4.98. The van der Waals surface area contributed by atoms with Crippen LogP contribution in [0.25, 0.3) is 33.2 Å². The van der Waals surface area contributed by atoms with Gasteiger partial charge in [-0.2, -0.15) is 0 Å². The largest absolute Gasteiger partial charge is 0.390 e.